The maximum absolute atomic E-state index is 4.57. The first-order valence-electron chi connectivity index (χ1n) is 11.6. The number of hydrogen-bond acceptors (Lipinski definition) is 5. The lowest BCUT2D eigenvalue weighted by atomic mass is 10.1. The first-order valence-corrected chi connectivity index (χ1v) is 11.6. The predicted octanol–water partition coefficient (Wildman–Crippen LogP) is 4.51. The van der Waals surface area contributed by atoms with Crippen LogP contribution in [0.25, 0.3) is 0 Å². The molecule has 4 rings (SSSR count). The van der Waals surface area contributed by atoms with Crippen LogP contribution in [0, 0.1) is 0 Å². The number of aromatic amines is 1. The number of nitrogens with one attached hydrogen (secondary N) is 2. The van der Waals surface area contributed by atoms with Crippen LogP contribution in [0.15, 0.2) is 85.3 Å². The lowest BCUT2D eigenvalue weighted by Crippen LogP contribution is -2.33. The van der Waals surface area contributed by atoms with Crippen molar-refractivity contribution >= 4 is 0 Å². The van der Waals surface area contributed by atoms with Gasteiger partial charge in [-0.3, -0.25) is 20.0 Å². The monoisotopic (exact) mass is 440 g/mol. The molecule has 1 atom stereocenters. The molecule has 0 fully saturated rings. The van der Waals surface area contributed by atoms with Crippen LogP contribution in [-0.2, 0) is 32.6 Å². The van der Waals surface area contributed by atoms with E-state index >= 15 is 0 Å². The maximum atomic E-state index is 4.57. The van der Waals surface area contributed by atoms with Crippen LogP contribution in [0.1, 0.15) is 41.6 Å². The fraction of sp³-hybridized carbons (Fsp3) is 0.296. The molecule has 6 nitrogen and oxygen atoms in total. The van der Waals surface area contributed by atoms with E-state index in [0.717, 1.165) is 50.4 Å². The molecule has 0 bridgehead atoms. The van der Waals surface area contributed by atoms with Gasteiger partial charge in [-0.15, -0.1) is 0 Å². The Labute approximate surface area is 196 Å². The van der Waals surface area contributed by atoms with Crippen LogP contribution in [0.5, 0.6) is 0 Å². The number of benzene rings is 1. The SMILES string of the molecule is CC(CCc1ccn[nH]1)N(Cc1cccc(CNCc2ccccn2)c1)Cc1ccccn1. The topological polar surface area (TPSA) is 69.7 Å². The van der Waals surface area contributed by atoms with Crippen molar-refractivity contribution in [2.75, 3.05) is 0 Å². The van der Waals surface area contributed by atoms with Crippen molar-refractivity contribution in [1.29, 1.82) is 0 Å². The summed E-state index contributed by atoms with van der Waals surface area (Å²) >= 11 is 0. The predicted molar refractivity (Wildman–Crippen MR) is 131 cm³/mol. The van der Waals surface area contributed by atoms with Crippen molar-refractivity contribution in [2.24, 2.45) is 0 Å². The summed E-state index contributed by atoms with van der Waals surface area (Å²) in [6.45, 7) is 5.60. The van der Waals surface area contributed by atoms with E-state index in [0.29, 0.717) is 6.04 Å². The van der Waals surface area contributed by atoms with Gasteiger partial charge in [-0.25, -0.2) is 0 Å². The molecule has 4 aromatic rings. The van der Waals surface area contributed by atoms with E-state index in [4.69, 9.17) is 0 Å². The van der Waals surface area contributed by atoms with Crippen LogP contribution in [0.4, 0.5) is 0 Å². The molecule has 2 N–H and O–H groups in total. The third kappa shape index (κ3) is 7.34. The lowest BCUT2D eigenvalue weighted by Gasteiger charge is -2.29. The number of nitrogens with zero attached hydrogens (tertiary/aromatic N) is 4. The highest BCUT2D eigenvalue weighted by Crippen LogP contribution is 2.17. The van der Waals surface area contributed by atoms with E-state index in [1.54, 1.807) is 0 Å². The summed E-state index contributed by atoms with van der Waals surface area (Å²) < 4.78 is 0. The van der Waals surface area contributed by atoms with Gasteiger partial charge in [0.1, 0.15) is 0 Å². The molecule has 0 aliphatic rings. The second-order valence-corrected chi connectivity index (χ2v) is 8.44. The Morgan fingerprint density at radius 2 is 1.61 bits per heavy atom. The van der Waals surface area contributed by atoms with Gasteiger partial charge in [-0.2, -0.15) is 5.10 Å². The zero-order valence-corrected chi connectivity index (χ0v) is 19.2. The highest BCUT2D eigenvalue weighted by molar-refractivity contribution is 5.24. The summed E-state index contributed by atoms with van der Waals surface area (Å²) in [5.41, 5.74) is 5.93. The van der Waals surface area contributed by atoms with Crippen molar-refractivity contribution in [2.45, 2.75) is 52.0 Å². The normalized spacial score (nSPS) is 12.2. The van der Waals surface area contributed by atoms with Crippen molar-refractivity contribution in [3.05, 3.63) is 114 Å². The quantitative estimate of drug-likeness (QED) is 0.339. The molecule has 1 unspecified atom stereocenters. The van der Waals surface area contributed by atoms with Crippen LogP contribution >= 0.6 is 0 Å². The van der Waals surface area contributed by atoms with Crippen molar-refractivity contribution in [3.63, 3.8) is 0 Å². The van der Waals surface area contributed by atoms with Gasteiger partial charge < -0.3 is 5.32 Å². The third-order valence-corrected chi connectivity index (χ3v) is 5.84. The molecule has 0 spiro atoms. The molecule has 0 amide bonds. The minimum Gasteiger partial charge on any atom is -0.307 e. The van der Waals surface area contributed by atoms with Crippen LogP contribution < -0.4 is 5.32 Å². The molecule has 1 aromatic carbocycles. The van der Waals surface area contributed by atoms with Gasteiger partial charge in [0.25, 0.3) is 0 Å². The van der Waals surface area contributed by atoms with Crippen LogP contribution in [-0.4, -0.2) is 31.1 Å². The highest BCUT2D eigenvalue weighted by atomic mass is 15.2. The summed E-state index contributed by atoms with van der Waals surface area (Å²) in [5.74, 6) is 0. The molecule has 3 heterocycles. The van der Waals surface area contributed by atoms with Gasteiger partial charge in [0.05, 0.1) is 11.4 Å². The largest absolute Gasteiger partial charge is 0.307 e. The first kappa shape index (κ1) is 22.8. The number of H-pyrrole nitrogens is 1. The Hall–Kier alpha value is -3.35. The molecule has 33 heavy (non-hydrogen) atoms. The van der Waals surface area contributed by atoms with Gasteiger partial charge in [0.15, 0.2) is 0 Å². The van der Waals surface area contributed by atoms with E-state index < -0.39 is 0 Å². The number of hydrogen-bond donors (Lipinski definition) is 2. The smallest absolute Gasteiger partial charge is 0.0544 e. The fourth-order valence-corrected chi connectivity index (χ4v) is 3.95. The fourth-order valence-electron chi connectivity index (χ4n) is 3.95. The zero-order valence-electron chi connectivity index (χ0n) is 19.2. The lowest BCUT2D eigenvalue weighted by molar-refractivity contribution is 0.179. The van der Waals surface area contributed by atoms with Gasteiger partial charge in [0.2, 0.25) is 0 Å². The molecule has 6 heteroatoms. The molecule has 170 valence electrons. The molecule has 0 saturated heterocycles. The number of pyridine rings is 2. The van der Waals surface area contributed by atoms with Crippen molar-refractivity contribution in [1.82, 2.24) is 30.4 Å². The van der Waals surface area contributed by atoms with Crippen molar-refractivity contribution in [3.8, 4) is 0 Å². The number of aryl methyl sites for hydroxylation is 1. The maximum Gasteiger partial charge on any atom is 0.0544 e. The standard InChI is InChI=1S/C27H32N6/c1-22(11-12-25-13-16-31-32-25)33(21-27-10-3-5-15-30-27)20-24-8-6-7-23(17-24)18-28-19-26-9-2-4-14-29-26/h2-10,13-17,22,28H,11-12,18-21H2,1H3,(H,31,32). The van der Waals surface area contributed by atoms with Gasteiger partial charge in [-0.1, -0.05) is 36.4 Å². The van der Waals surface area contributed by atoms with E-state index in [2.05, 4.69) is 79.8 Å². The Morgan fingerprint density at radius 1 is 0.818 bits per heavy atom. The zero-order chi connectivity index (χ0) is 22.7. The average Bonchev–Trinajstić information content (AvgIpc) is 3.38. The van der Waals surface area contributed by atoms with Crippen LogP contribution in [0.3, 0.4) is 0 Å². The molecule has 0 radical (unpaired) electrons. The van der Waals surface area contributed by atoms with E-state index in [1.807, 2.05) is 42.9 Å². The Balaban J connectivity index is 1.39. The van der Waals surface area contributed by atoms with E-state index in [-0.39, 0.29) is 0 Å². The Bertz CT molecular complexity index is 1070. The van der Waals surface area contributed by atoms with E-state index in [9.17, 15) is 0 Å². The van der Waals surface area contributed by atoms with Crippen molar-refractivity contribution < 1.29 is 0 Å². The van der Waals surface area contributed by atoms with Gasteiger partial charge >= 0.3 is 0 Å². The molecular weight excluding hydrogens is 408 g/mol. The van der Waals surface area contributed by atoms with Gasteiger partial charge in [0, 0.05) is 56.5 Å². The minimum absolute atomic E-state index is 0.404. The second-order valence-electron chi connectivity index (χ2n) is 8.44. The van der Waals surface area contributed by atoms with Gasteiger partial charge in [-0.05, 0) is 61.2 Å². The Kier molecular flexibility index (Phi) is 8.33. The molecule has 3 aromatic heterocycles. The average molecular weight is 441 g/mol. The molecule has 0 aliphatic carbocycles. The minimum atomic E-state index is 0.404. The van der Waals surface area contributed by atoms with Crippen LogP contribution in [0.2, 0.25) is 0 Å². The number of rotatable bonds is 12. The summed E-state index contributed by atoms with van der Waals surface area (Å²) in [7, 11) is 0. The summed E-state index contributed by atoms with van der Waals surface area (Å²) in [5, 5.41) is 10.7. The number of aromatic nitrogens is 4. The van der Waals surface area contributed by atoms with E-state index in [1.165, 1.54) is 16.8 Å². The molecule has 0 aliphatic heterocycles. The summed E-state index contributed by atoms with van der Waals surface area (Å²) in [4.78, 5) is 11.5. The molecular formula is C27H32N6. The Morgan fingerprint density at radius 3 is 2.33 bits per heavy atom. The summed E-state index contributed by atoms with van der Waals surface area (Å²) in [6, 6.07) is 23.5. The summed E-state index contributed by atoms with van der Waals surface area (Å²) in [6.07, 6.45) is 7.56. The second kappa shape index (κ2) is 12.0. The first-order chi connectivity index (χ1) is 16.3. The highest BCUT2D eigenvalue weighted by Gasteiger charge is 2.16. The third-order valence-electron chi connectivity index (χ3n) is 5.84. The molecule has 0 saturated carbocycles.